The van der Waals surface area contributed by atoms with Crippen molar-refractivity contribution in [2.75, 3.05) is 6.54 Å². The minimum Gasteiger partial charge on any atom is -0.388 e. The molecule has 5 fully saturated rings. The molecule has 4 bridgehead atoms. The highest BCUT2D eigenvalue weighted by molar-refractivity contribution is 5.83. The van der Waals surface area contributed by atoms with Crippen molar-refractivity contribution in [2.24, 2.45) is 29.1 Å². The van der Waals surface area contributed by atoms with Crippen molar-refractivity contribution < 1.29 is 9.90 Å². The van der Waals surface area contributed by atoms with E-state index >= 15 is 0 Å². The molecule has 112 valence electrons. The van der Waals surface area contributed by atoms with Crippen molar-refractivity contribution in [2.45, 2.75) is 63.9 Å². The lowest BCUT2D eigenvalue weighted by Gasteiger charge is -2.55. The number of carbonyl (C=O) groups is 1. The lowest BCUT2D eigenvalue weighted by atomic mass is 9.49. The Balaban J connectivity index is 1.43. The molecule has 5 rings (SSSR count). The molecule has 5 saturated carbocycles. The first-order chi connectivity index (χ1) is 9.47. The fraction of sp³-hybridized carbons (Fsp3) is 0.941. The molecule has 0 aromatic carbocycles. The van der Waals surface area contributed by atoms with Gasteiger partial charge in [-0.05, 0) is 82.0 Å². The zero-order valence-electron chi connectivity index (χ0n) is 12.5. The summed E-state index contributed by atoms with van der Waals surface area (Å²) in [4.78, 5) is 12.8. The predicted octanol–water partition coefficient (Wildman–Crippen LogP) is 2.48. The zero-order chi connectivity index (χ0) is 14.0. The van der Waals surface area contributed by atoms with Gasteiger partial charge in [0.1, 0.15) is 0 Å². The first-order valence-electron chi connectivity index (χ1n) is 8.47. The van der Waals surface area contributed by atoms with E-state index in [4.69, 9.17) is 0 Å². The van der Waals surface area contributed by atoms with Gasteiger partial charge in [0.05, 0.1) is 5.60 Å². The molecule has 5 aliphatic carbocycles. The Bertz CT molecular complexity index is 389. The minimum absolute atomic E-state index is 0.0750. The third kappa shape index (κ3) is 2.09. The van der Waals surface area contributed by atoms with E-state index < -0.39 is 5.60 Å². The van der Waals surface area contributed by atoms with Crippen molar-refractivity contribution >= 4 is 5.91 Å². The molecule has 5 aliphatic rings. The number of nitrogens with one attached hydrogen (secondary N) is 1. The highest BCUT2D eigenvalue weighted by Gasteiger charge is 2.54. The van der Waals surface area contributed by atoms with Gasteiger partial charge >= 0.3 is 0 Å². The third-order valence-corrected chi connectivity index (χ3v) is 6.58. The Morgan fingerprint density at radius 2 is 1.65 bits per heavy atom. The molecule has 3 heteroatoms. The smallest absolute Gasteiger partial charge is 0.226 e. The fourth-order valence-corrected chi connectivity index (χ4v) is 5.69. The first-order valence-corrected chi connectivity index (χ1v) is 8.47. The van der Waals surface area contributed by atoms with E-state index in [-0.39, 0.29) is 11.3 Å². The average Bonchev–Trinajstić information content (AvgIpc) is 3.18. The molecule has 0 radical (unpaired) electrons. The monoisotopic (exact) mass is 277 g/mol. The van der Waals surface area contributed by atoms with Crippen LogP contribution in [0.25, 0.3) is 0 Å². The van der Waals surface area contributed by atoms with Crippen LogP contribution in [0.1, 0.15) is 58.3 Å². The molecule has 0 spiro atoms. The molecular weight excluding hydrogens is 250 g/mol. The molecule has 0 heterocycles. The summed E-state index contributed by atoms with van der Waals surface area (Å²) in [6.07, 6.45) is 9.65. The highest BCUT2D eigenvalue weighted by Crippen LogP contribution is 2.60. The van der Waals surface area contributed by atoms with E-state index in [1.54, 1.807) is 0 Å². The maximum absolute atomic E-state index is 12.8. The average molecular weight is 277 g/mol. The van der Waals surface area contributed by atoms with Gasteiger partial charge in [0.25, 0.3) is 0 Å². The summed E-state index contributed by atoms with van der Waals surface area (Å²) in [7, 11) is 0. The molecule has 1 unspecified atom stereocenters. The molecule has 1 amide bonds. The van der Waals surface area contributed by atoms with Crippen LogP contribution in [0.4, 0.5) is 0 Å². The van der Waals surface area contributed by atoms with Crippen LogP contribution in [0.15, 0.2) is 0 Å². The Morgan fingerprint density at radius 1 is 1.15 bits per heavy atom. The maximum atomic E-state index is 12.8. The second-order valence-corrected chi connectivity index (χ2v) is 8.51. The first kappa shape index (κ1) is 13.1. The van der Waals surface area contributed by atoms with E-state index in [0.717, 1.165) is 49.9 Å². The van der Waals surface area contributed by atoms with Gasteiger partial charge in [-0.1, -0.05) is 0 Å². The summed E-state index contributed by atoms with van der Waals surface area (Å²) in [5, 5.41) is 13.5. The summed E-state index contributed by atoms with van der Waals surface area (Å²) in [5.41, 5.74) is -0.771. The van der Waals surface area contributed by atoms with Gasteiger partial charge in [-0.2, -0.15) is 0 Å². The van der Waals surface area contributed by atoms with Crippen LogP contribution in [0, 0.1) is 29.1 Å². The van der Waals surface area contributed by atoms with Crippen molar-refractivity contribution in [1.82, 2.24) is 5.32 Å². The Kier molecular flexibility index (Phi) is 2.77. The lowest BCUT2D eigenvalue weighted by Crippen LogP contribution is -2.55. The summed E-state index contributed by atoms with van der Waals surface area (Å²) in [6.45, 7) is 2.32. The van der Waals surface area contributed by atoms with E-state index in [2.05, 4.69) is 5.32 Å². The summed E-state index contributed by atoms with van der Waals surface area (Å²) < 4.78 is 0. The fourth-order valence-electron chi connectivity index (χ4n) is 5.69. The van der Waals surface area contributed by atoms with Gasteiger partial charge < -0.3 is 10.4 Å². The SMILES string of the molecule is CC(O)(CNC(=O)C12CC3CC(CC(C3)C1)C2)C1CC1. The van der Waals surface area contributed by atoms with E-state index in [1.807, 2.05) is 6.92 Å². The molecule has 0 aliphatic heterocycles. The van der Waals surface area contributed by atoms with Gasteiger partial charge in [-0.3, -0.25) is 4.79 Å². The molecule has 0 saturated heterocycles. The van der Waals surface area contributed by atoms with Crippen LogP contribution in [0.3, 0.4) is 0 Å². The largest absolute Gasteiger partial charge is 0.388 e. The molecule has 2 N–H and O–H groups in total. The Labute approximate surface area is 121 Å². The van der Waals surface area contributed by atoms with Crippen LogP contribution >= 0.6 is 0 Å². The number of hydrogen-bond acceptors (Lipinski definition) is 2. The van der Waals surface area contributed by atoms with Crippen LogP contribution < -0.4 is 5.32 Å². The summed E-state index contributed by atoms with van der Waals surface area (Å²) in [5.74, 6) is 3.06. The molecule has 0 aromatic rings. The molecule has 3 nitrogen and oxygen atoms in total. The highest BCUT2D eigenvalue weighted by atomic mass is 16.3. The summed E-state index contributed by atoms with van der Waals surface area (Å²) in [6, 6.07) is 0. The minimum atomic E-state index is -0.696. The van der Waals surface area contributed by atoms with E-state index in [0.29, 0.717) is 12.5 Å². The zero-order valence-corrected chi connectivity index (χ0v) is 12.5. The van der Waals surface area contributed by atoms with Gasteiger partial charge in [-0.25, -0.2) is 0 Å². The van der Waals surface area contributed by atoms with Crippen LogP contribution in [0.2, 0.25) is 0 Å². The van der Waals surface area contributed by atoms with Gasteiger partial charge in [0.15, 0.2) is 0 Å². The van der Waals surface area contributed by atoms with Crippen LogP contribution in [0.5, 0.6) is 0 Å². The topological polar surface area (TPSA) is 49.3 Å². The van der Waals surface area contributed by atoms with Crippen molar-refractivity contribution in [1.29, 1.82) is 0 Å². The third-order valence-electron chi connectivity index (χ3n) is 6.58. The van der Waals surface area contributed by atoms with Gasteiger partial charge in [-0.15, -0.1) is 0 Å². The Hall–Kier alpha value is -0.570. The summed E-state index contributed by atoms with van der Waals surface area (Å²) >= 11 is 0. The molecular formula is C17H27NO2. The molecule has 0 aromatic heterocycles. The molecule has 1 atom stereocenters. The van der Waals surface area contributed by atoms with Crippen molar-refractivity contribution in [3.63, 3.8) is 0 Å². The second kappa shape index (κ2) is 4.22. The van der Waals surface area contributed by atoms with Crippen molar-refractivity contribution in [3.8, 4) is 0 Å². The number of amides is 1. The second-order valence-electron chi connectivity index (χ2n) is 8.51. The number of aliphatic hydroxyl groups is 1. The number of rotatable bonds is 4. The van der Waals surface area contributed by atoms with Crippen LogP contribution in [-0.2, 0) is 4.79 Å². The molecule has 20 heavy (non-hydrogen) atoms. The van der Waals surface area contributed by atoms with Crippen molar-refractivity contribution in [3.05, 3.63) is 0 Å². The standard InChI is InChI=1S/C17H27NO2/c1-16(20,14-2-3-14)10-18-15(19)17-7-11-4-12(8-17)6-13(5-11)9-17/h11-14,20H,2-10H2,1H3,(H,18,19). The lowest BCUT2D eigenvalue weighted by molar-refractivity contribution is -0.147. The Morgan fingerprint density at radius 3 is 2.10 bits per heavy atom. The normalized spacial score (nSPS) is 45.2. The predicted molar refractivity (Wildman–Crippen MR) is 77.0 cm³/mol. The van der Waals surface area contributed by atoms with Crippen LogP contribution in [-0.4, -0.2) is 23.2 Å². The van der Waals surface area contributed by atoms with E-state index in [9.17, 15) is 9.90 Å². The van der Waals surface area contributed by atoms with E-state index in [1.165, 1.54) is 19.3 Å². The quantitative estimate of drug-likeness (QED) is 0.829. The van der Waals surface area contributed by atoms with Gasteiger partial charge in [0, 0.05) is 12.0 Å². The maximum Gasteiger partial charge on any atom is 0.226 e. The van der Waals surface area contributed by atoms with Gasteiger partial charge in [0.2, 0.25) is 5.91 Å². The number of carbonyl (C=O) groups excluding carboxylic acids is 1. The number of hydrogen-bond donors (Lipinski definition) is 2.